The summed E-state index contributed by atoms with van der Waals surface area (Å²) in [5.74, 6) is 5.35. The predicted molar refractivity (Wildman–Crippen MR) is 69.0 cm³/mol. The van der Waals surface area contributed by atoms with E-state index in [1.54, 1.807) is 0 Å². The fourth-order valence-electron chi connectivity index (χ4n) is 3.34. The molecule has 0 spiro atoms. The molecule has 1 heteroatoms. The Bertz CT molecular complexity index is 299. The van der Waals surface area contributed by atoms with Crippen LogP contribution in [0.25, 0.3) is 0 Å². The summed E-state index contributed by atoms with van der Waals surface area (Å²) < 4.78 is 0. The smallest absolute Gasteiger partial charge is 0.0688 e. The van der Waals surface area contributed by atoms with E-state index >= 15 is 0 Å². The number of rotatable bonds is 5. The Hall–Kier alpha value is -0.740. The van der Waals surface area contributed by atoms with Crippen molar-refractivity contribution in [3.63, 3.8) is 0 Å². The maximum absolute atomic E-state index is 5.56. The van der Waals surface area contributed by atoms with Crippen LogP contribution in [-0.2, 0) is 0 Å². The van der Waals surface area contributed by atoms with Crippen LogP contribution in [0.2, 0.25) is 0 Å². The minimum absolute atomic E-state index is 0.267. The highest BCUT2D eigenvalue weighted by atomic mass is 14.9. The van der Waals surface area contributed by atoms with Crippen LogP contribution < -0.4 is 5.32 Å². The number of nitrogens with one attached hydrogen (secondary N) is 1. The second kappa shape index (κ2) is 5.06. The van der Waals surface area contributed by atoms with Gasteiger partial charge in [0.1, 0.15) is 0 Å². The molecule has 0 aromatic heterocycles. The Morgan fingerprint density at radius 1 is 1.44 bits per heavy atom. The molecule has 0 amide bonds. The lowest BCUT2D eigenvalue weighted by molar-refractivity contribution is 0.312. The Balaban J connectivity index is 1.86. The molecule has 0 radical (unpaired) electrons. The molecule has 88 valence electrons. The zero-order valence-corrected chi connectivity index (χ0v) is 10.4. The van der Waals surface area contributed by atoms with E-state index in [0.717, 1.165) is 30.6 Å². The molecule has 0 aromatic rings. The normalized spacial score (nSPS) is 34.9. The van der Waals surface area contributed by atoms with Crippen molar-refractivity contribution in [1.82, 2.24) is 5.32 Å². The summed E-state index contributed by atoms with van der Waals surface area (Å²) in [5.41, 5.74) is 0. The first-order chi connectivity index (χ1) is 7.74. The fourth-order valence-corrected chi connectivity index (χ4v) is 3.34. The summed E-state index contributed by atoms with van der Waals surface area (Å²) >= 11 is 0. The highest BCUT2D eigenvalue weighted by molar-refractivity contribution is 5.12. The lowest BCUT2D eigenvalue weighted by Gasteiger charge is -2.28. The molecule has 2 rings (SSSR count). The Morgan fingerprint density at radius 2 is 2.25 bits per heavy atom. The molecule has 0 aliphatic heterocycles. The summed E-state index contributed by atoms with van der Waals surface area (Å²) in [6, 6.07) is 0.829. The van der Waals surface area contributed by atoms with Crippen molar-refractivity contribution in [3.05, 3.63) is 12.2 Å². The molecule has 2 aliphatic rings. The standard InChI is InChI=1S/C15H23N/c1-4-6-14(5-2)16-11(3)15-10-12-7-8-13(15)9-12/h2,7-8,11-16H,4,6,9-10H2,1,3H3. The Kier molecular flexibility index (Phi) is 3.71. The van der Waals surface area contributed by atoms with E-state index in [1.807, 2.05) is 0 Å². The average Bonchev–Trinajstić information content (AvgIpc) is 2.89. The first-order valence-corrected chi connectivity index (χ1v) is 6.65. The van der Waals surface area contributed by atoms with Gasteiger partial charge >= 0.3 is 0 Å². The summed E-state index contributed by atoms with van der Waals surface area (Å²) in [4.78, 5) is 0. The molecular formula is C15H23N. The molecule has 1 N–H and O–H groups in total. The van der Waals surface area contributed by atoms with E-state index < -0.39 is 0 Å². The third-order valence-electron chi connectivity index (χ3n) is 4.22. The van der Waals surface area contributed by atoms with E-state index in [9.17, 15) is 0 Å². The van der Waals surface area contributed by atoms with Gasteiger partial charge in [-0.3, -0.25) is 0 Å². The van der Waals surface area contributed by atoms with Gasteiger partial charge in [0.2, 0.25) is 0 Å². The van der Waals surface area contributed by atoms with E-state index in [0.29, 0.717) is 6.04 Å². The van der Waals surface area contributed by atoms with Crippen LogP contribution in [0.5, 0.6) is 0 Å². The minimum atomic E-state index is 0.267. The van der Waals surface area contributed by atoms with Crippen molar-refractivity contribution in [2.75, 3.05) is 0 Å². The lowest BCUT2D eigenvalue weighted by atomic mass is 9.87. The minimum Gasteiger partial charge on any atom is -0.301 e. The molecule has 5 unspecified atom stereocenters. The zero-order chi connectivity index (χ0) is 11.5. The fraction of sp³-hybridized carbons (Fsp3) is 0.733. The largest absolute Gasteiger partial charge is 0.301 e. The predicted octanol–water partition coefficient (Wildman–Crippen LogP) is 2.98. The van der Waals surface area contributed by atoms with Gasteiger partial charge in [0.25, 0.3) is 0 Å². The summed E-state index contributed by atoms with van der Waals surface area (Å²) in [6.07, 6.45) is 15.4. The molecule has 1 saturated carbocycles. The van der Waals surface area contributed by atoms with Gasteiger partial charge in [-0.1, -0.05) is 31.4 Å². The van der Waals surface area contributed by atoms with Gasteiger partial charge in [-0.15, -0.1) is 6.42 Å². The average molecular weight is 217 g/mol. The van der Waals surface area contributed by atoms with Crippen molar-refractivity contribution >= 4 is 0 Å². The van der Waals surface area contributed by atoms with E-state index in [-0.39, 0.29) is 6.04 Å². The summed E-state index contributed by atoms with van der Waals surface area (Å²) in [6.45, 7) is 4.50. The van der Waals surface area contributed by atoms with Crippen molar-refractivity contribution < 1.29 is 0 Å². The van der Waals surface area contributed by atoms with E-state index in [2.05, 4.69) is 37.2 Å². The van der Waals surface area contributed by atoms with Gasteiger partial charge < -0.3 is 5.32 Å². The molecular weight excluding hydrogens is 194 g/mol. The molecule has 16 heavy (non-hydrogen) atoms. The molecule has 5 atom stereocenters. The number of hydrogen-bond donors (Lipinski definition) is 1. The van der Waals surface area contributed by atoms with Crippen molar-refractivity contribution in [2.24, 2.45) is 17.8 Å². The molecule has 1 nitrogen and oxygen atoms in total. The molecule has 0 saturated heterocycles. The Morgan fingerprint density at radius 3 is 2.75 bits per heavy atom. The lowest BCUT2D eigenvalue weighted by Crippen LogP contribution is -2.41. The number of fused-ring (bicyclic) bond motifs is 2. The SMILES string of the molecule is C#CC(CCC)NC(C)C1CC2C=CC1C2. The number of hydrogen-bond acceptors (Lipinski definition) is 1. The van der Waals surface area contributed by atoms with E-state index in [4.69, 9.17) is 6.42 Å². The van der Waals surface area contributed by atoms with Crippen molar-refractivity contribution in [1.29, 1.82) is 0 Å². The van der Waals surface area contributed by atoms with Gasteiger partial charge in [0, 0.05) is 6.04 Å². The van der Waals surface area contributed by atoms with E-state index in [1.165, 1.54) is 12.8 Å². The molecule has 2 bridgehead atoms. The van der Waals surface area contributed by atoms with Gasteiger partial charge in [-0.05, 0) is 43.9 Å². The third kappa shape index (κ3) is 2.33. The topological polar surface area (TPSA) is 12.0 Å². The highest BCUT2D eigenvalue weighted by Crippen LogP contribution is 2.44. The van der Waals surface area contributed by atoms with Gasteiger partial charge in [-0.2, -0.15) is 0 Å². The second-order valence-corrected chi connectivity index (χ2v) is 5.41. The van der Waals surface area contributed by atoms with Crippen LogP contribution >= 0.6 is 0 Å². The quantitative estimate of drug-likeness (QED) is 0.551. The molecule has 0 aromatic carbocycles. The maximum Gasteiger partial charge on any atom is 0.0688 e. The first kappa shape index (κ1) is 11.7. The summed E-state index contributed by atoms with van der Waals surface area (Å²) in [5, 5.41) is 3.62. The van der Waals surface area contributed by atoms with Crippen LogP contribution in [0.1, 0.15) is 39.5 Å². The molecule has 1 fully saturated rings. The summed E-state index contributed by atoms with van der Waals surface area (Å²) in [7, 11) is 0. The van der Waals surface area contributed by atoms with Crippen LogP contribution in [0, 0.1) is 30.1 Å². The van der Waals surface area contributed by atoms with Crippen molar-refractivity contribution in [3.8, 4) is 12.3 Å². The van der Waals surface area contributed by atoms with Gasteiger partial charge in [0.05, 0.1) is 6.04 Å². The van der Waals surface area contributed by atoms with Crippen LogP contribution in [-0.4, -0.2) is 12.1 Å². The number of terminal acetylenes is 1. The van der Waals surface area contributed by atoms with Crippen LogP contribution in [0.3, 0.4) is 0 Å². The number of allylic oxidation sites excluding steroid dienone is 2. The highest BCUT2D eigenvalue weighted by Gasteiger charge is 2.38. The second-order valence-electron chi connectivity index (χ2n) is 5.41. The Labute approximate surface area is 99.7 Å². The maximum atomic E-state index is 5.56. The monoisotopic (exact) mass is 217 g/mol. The van der Waals surface area contributed by atoms with Crippen LogP contribution in [0.15, 0.2) is 12.2 Å². The molecule has 2 aliphatic carbocycles. The van der Waals surface area contributed by atoms with Gasteiger partial charge in [0.15, 0.2) is 0 Å². The zero-order valence-electron chi connectivity index (χ0n) is 10.4. The van der Waals surface area contributed by atoms with Gasteiger partial charge in [-0.25, -0.2) is 0 Å². The third-order valence-corrected chi connectivity index (χ3v) is 4.22. The first-order valence-electron chi connectivity index (χ1n) is 6.65. The van der Waals surface area contributed by atoms with Crippen molar-refractivity contribution in [2.45, 2.75) is 51.6 Å². The molecule has 0 heterocycles. The van der Waals surface area contributed by atoms with Crippen LogP contribution in [0.4, 0.5) is 0 Å².